The van der Waals surface area contributed by atoms with E-state index in [0.29, 0.717) is 17.5 Å². The molecule has 0 heterocycles. The maximum absolute atomic E-state index is 12.5. The van der Waals surface area contributed by atoms with Crippen molar-refractivity contribution in [2.75, 3.05) is 13.6 Å². The standard InChI is InChI=1S/C16H26N2O2S/c1-16(2,3)12-18(4)21(19,20)15-9-5-13(6-10-15)11-17-14-7-8-14/h5-6,9-10,14,17H,7-8,11-12H2,1-4H3. The first-order valence-corrected chi connectivity index (χ1v) is 8.91. The summed E-state index contributed by atoms with van der Waals surface area (Å²) in [7, 11) is -1.75. The SMILES string of the molecule is CN(CC(C)(C)C)S(=O)(=O)c1ccc(CNC2CC2)cc1. The highest BCUT2D eigenvalue weighted by molar-refractivity contribution is 7.89. The van der Waals surface area contributed by atoms with Gasteiger partial charge in [0.25, 0.3) is 0 Å². The lowest BCUT2D eigenvalue weighted by Crippen LogP contribution is -2.34. The number of rotatable bonds is 6. The van der Waals surface area contributed by atoms with Crippen LogP contribution in [0.1, 0.15) is 39.2 Å². The van der Waals surface area contributed by atoms with E-state index >= 15 is 0 Å². The Morgan fingerprint density at radius 3 is 2.24 bits per heavy atom. The summed E-state index contributed by atoms with van der Waals surface area (Å²) >= 11 is 0. The van der Waals surface area contributed by atoms with Gasteiger partial charge in [0.2, 0.25) is 10.0 Å². The summed E-state index contributed by atoms with van der Waals surface area (Å²) in [6, 6.07) is 7.86. The summed E-state index contributed by atoms with van der Waals surface area (Å²) in [4.78, 5) is 0.365. The summed E-state index contributed by atoms with van der Waals surface area (Å²) in [5.41, 5.74) is 1.06. The number of hydrogen-bond acceptors (Lipinski definition) is 3. The van der Waals surface area contributed by atoms with Gasteiger partial charge >= 0.3 is 0 Å². The Hall–Kier alpha value is -0.910. The molecule has 1 aromatic carbocycles. The van der Waals surface area contributed by atoms with E-state index in [0.717, 1.165) is 12.1 Å². The Morgan fingerprint density at radius 2 is 1.76 bits per heavy atom. The Morgan fingerprint density at radius 1 is 1.19 bits per heavy atom. The van der Waals surface area contributed by atoms with Crippen molar-refractivity contribution in [2.24, 2.45) is 5.41 Å². The van der Waals surface area contributed by atoms with E-state index in [4.69, 9.17) is 0 Å². The summed E-state index contributed by atoms with van der Waals surface area (Å²) in [5, 5.41) is 3.43. The monoisotopic (exact) mass is 310 g/mol. The normalized spacial score (nSPS) is 16.4. The lowest BCUT2D eigenvalue weighted by atomic mass is 9.97. The van der Waals surface area contributed by atoms with Crippen molar-refractivity contribution < 1.29 is 8.42 Å². The van der Waals surface area contributed by atoms with Crippen molar-refractivity contribution in [2.45, 2.75) is 51.1 Å². The van der Waals surface area contributed by atoms with E-state index in [1.165, 1.54) is 17.1 Å². The minimum absolute atomic E-state index is 0.0596. The van der Waals surface area contributed by atoms with Gasteiger partial charge < -0.3 is 5.32 Å². The second-order valence-electron chi connectivity index (χ2n) is 7.12. The van der Waals surface area contributed by atoms with E-state index in [9.17, 15) is 8.42 Å². The Labute approximate surface area is 128 Å². The smallest absolute Gasteiger partial charge is 0.242 e. The van der Waals surface area contributed by atoms with Gasteiger partial charge in [0.1, 0.15) is 0 Å². The van der Waals surface area contributed by atoms with Gasteiger partial charge in [0.15, 0.2) is 0 Å². The fourth-order valence-corrected chi connectivity index (χ4v) is 3.66. The number of nitrogens with zero attached hydrogens (tertiary/aromatic N) is 1. The van der Waals surface area contributed by atoms with Crippen LogP contribution in [0.3, 0.4) is 0 Å². The molecule has 1 aliphatic rings. The van der Waals surface area contributed by atoms with Crippen molar-refractivity contribution in [1.82, 2.24) is 9.62 Å². The highest BCUT2D eigenvalue weighted by Gasteiger charge is 2.25. The molecular weight excluding hydrogens is 284 g/mol. The fourth-order valence-electron chi connectivity index (χ4n) is 2.26. The second kappa shape index (κ2) is 6.07. The van der Waals surface area contributed by atoms with Crippen LogP contribution in [0, 0.1) is 5.41 Å². The first-order valence-electron chi connectivity index (χ1n) is 7.47. The quantitative estimate of drug-likeness (QED) is 0.878. The minimum atomic E-state index is -3.39. The third kappa shape index (κ3) is 4.80. The number of hydrogen-bond donors (Lipinski definition) is 1. The van der Waals surface area contributed by atoms with Gasteiger partial charge in [-0.15, -0.1) is 0 Å². The molecule has 5 heteroatoms. The third-order valence-electron chi connectivity index (χ3n) is 3.50. The highest BCUT2D eigenvalue weighted by Crippen LogP contribution is 2.22. The summed E-state index contributed by atoms with van der Waals surface area (Å²) < 4.78 is 26.5. The molecular formula is C16H26N2O2S. The summed E-state index contributed by atoms with van der Waals surface area (Å²) in [6.45, 7) is 7.41. The molecule has 0 aliphatic heterocycles. The van der Waals surface area contributed by atoms with E-state index in [1.807, 2.05) is 32.9 Å². The molecule has 1 aromatic rings. The average Bonchev–Trinajstić information content (AvgIpc) is 3.19. The molecule has 0 aromatic heterocycles. The lowest BCUT2D eigenvalue weighted by Gasteiger charge is -2.26. The maximum Gasteiger partial charge on any atom is 0.242 e. The van der Waals surface area contributed by atoms with Gasteiger partial charge in [0.05, 0.1) is 4.90 Å². The predicted octanol–water partition coefficient (Wildman–Crippen LogP) is 2.61. The van der Waals surface area contributed by atoms with Gasteiger partial charge in [-0.2, -0.15) is 0 Å². The molecule has 2 rings (SSSR count). The summed E-state index contributed by atoms with van der Waals surface area (Å²) in [6.07, 6.45) is 2.51. The van der Waals surface area contributed by atoms with Crippen LogP contribution in [0.25, 0.3) is 0 Å². The van der Waals surface area contributed by atoms with Crippen molar-refractivity contribution in [1.29, 1.82) is 0 Å². The first-order chi connectivity index (χ1) is 9.68. The first kappa shape index (κ1) is 16.5. The Balaban J connectivity index is 2.04. The average molecular weight is 310 g/mol. The van der Waals surface area contributed by atoms with Crippen LogP contribution in [0.5, 0.6) is 0 Å². The summed E-state index contributed by atoms with van der Waals surface area (Å²) in [5.74, 6) is 0. The molecule has 1 aliphatic carbocycles. The Bertz CT molecular complexity index is 569. The molecule has 1 fully saturated rings. The highest BCUT2D eigenvalue weighted by atomic mass is 32.2. The molecule has 0 unspecified atom stereocenters. The molecule has 118 valence electrons. The topological polar surface area (TPSA) is 49.4 Å². The van der Waals surface area contributed by atoms with Crippen LogP contribution >= 0.6 is 0 Å². The zero-order valence-corrected chi connectivity index (χ0v) is 14.2. The third-order valence-corrected chi connectivity index (χ3v) is 5.32. The molecule has 0 saturated heterocycles. The zero-order chi connectivity index (χ0) is 15.7. The van der Waals surface area contributed by atoms with Crippen molar-refractivity contribution in [3.63, 3.8) is 0 Å². The van der Waals surface area contributed by atoms with Crippen LogP contribution in [0.15, 0.2) is 29.2 Å². The second-order valence-corrected chi connectivity index (χ2v) is 9.17. The Kier molecular flexibility index (Phi) is 4.76. The molecule has 4 nitrogen and oxygen atoms in total. The molecule has 0 bridgehead atoms. The van der Waals surface area contributed by atoms with Gasteiger partial charge in [-0.05, 0) is 36.0 Å². The molecule has 21 heavy (non-hydrogen) atoms. The molecule has 0 amide bonds. The fraction of sp³-hybridized carbons (Fsp3) is 0.625. The van der Waals surface area contributed by atoms with Crippen molar-refractivity contribution >= 4 is 10.0 Å². The van der Waals surface area contributed by atoms with Crippen LogP contribution < -0.4 is 5.32 Å². The predicted molar refractivity (Wildman–Crippen MR) is 85.6 cm³/mol. The molecule has 1 saturated carbocycles. The van der Waals surface area contributed by atoms with Crippen molar-refractivity contribution in [3.05, 3.63) is 29.8 Å². The van der Waals surface area contributed by atoms with E-state index in [-0.39, 0.29) is 5.41 Å². The van der Waals surface area contributed by atoms with Crippen molar-refractivity contribution in [3.8, 4) is 0 Å². The lowest BCUT2D eigenvalue weighted by molar-refractivity contribution is 0.311. The maximum atomic E-state index is 12.5. The number of benzene rings is 1. The van der Waals surface area contributed by atoms with Crippen LogP contribution in [-0.2, 0) is 16.6 Å². The van der Waals surface area contributed by atoms with Crippen LogP contribution in [-0.4, -0.2) is 32.4 Å². The molecule has 0 radical (unpaired) electrons. The molecule has 0 atom stereocenters. The number of nitrogens with one attached hydrogen (secondary N) is 1. The van der Waals surface area contributed by atoms with Gasteiger partial charge in [0, 0.05) is 26.2 Å². The van der Waals surface area contributed by atoms with E-state index in [2.05, 4.69) is 5.32 Å². The van der Waals surface area contributed by atoms with Gasteiger partial charge in [-0.25, -0.2) is 12.7 Å². The molecule has 1 N–H and O–H groups in total. The van der Waals surface area contributed by atoms with Crippen LogP contribution in [0.4, 0.5) is 0 Å². The van der Waals surface area contributed by atoms with Gasteiger partial charge in [-0.1, -0.05) is 32.9 Å². The minimum Gasteiger partial charge on any atom is -0.310 e. The van der Waals surface area contributed by atoms with E-state index < -0.39 is 10.0 Å². The van der Waals surface area contributed by atoms with E-state index in [1.54, 1.807) is 19.2 Å². The zero-order valence-electron chi connectivity index (χ0n) is 13.4. The van der Waals surface area contributed by atoms with Crippen LogP contribution in [0.2, 0.25) is 0 Å². The van der Waals surface area contributed by atoms with Gasteiger partial charge in [-0.3, -0.25) is 0 Å². The number of sulfonamides is 1. The molecule has 0 spiro atoms. The largest absolute Gasteiger partial charge is 0.310 e.